The molecule has 2 heterocycles. The monoisotopic (exact) mass is 249 g/mol. The molecule has 1 aromatic carbocycles. The third kappa shape index (κ3) is 1.67. The first kappa shape index (κ1) is 11.8. The normalized spacial score (nSPS) is 31.5. The molecule has 3 rings (SSSR count). The Hall–Kier alpha value is -1.27. The highest BCUT2D eigenvalue weighted by Crippen LogP contribution is 2.40. The Morgan fingerprint density at radius 3 is 2.83 bits per heavy atom. The van der Waals surface area contributed by atoms with Crippen molar-refractivity contribution >= 4 is 6.29 Å². The number of hydrogen-bond acceptors (Lipinski definition) is 5. The van der Waals surface area contributed by atoms with E-state index in [1.807, 2.05) is 17.0 Å². The summed E-state index contributed by atoms with van der Waals surface area (Å²) in [5.41, 5.74) is 1.21. The summed E-state index contributed by atoms with van der Waals surface area (Å²) in [5, 5.41) is 9.53. The highest BCUT2D eigenvalue weighted by molar-refractivity contribution is 5.74. The van der Waals surface area contributed by atoms with Crippen LogP contribution in [-0.4, -0.2) is 48.4 Å². The first-order valence-corrected chi connectivity index (χ1v) is 5.91. The van der Waals surface area contributed by atoms with Crippen LogP contribution in [0.15, 0.2) is 24.3 Å². The molecule has 1 aromatic rings. The first-order chi connectivity index (χ1) is 8.79. The van der Waals surface area contributed by atoms with Gasteiger partial charge in [0.25, 0.3) is 0 Å². The molecule has 0 unspecified atom stereocenters. The van der Waals surface area contributed by atoms with Crippen molar-refractivity contribution in [3.8, 4) is 0 Å². The number of aliphatic hydroxyl groups is 1. The molecule has 2 fully saturated rings. The molecule has 0 aromatic heterocycles. The van der Waals surface area contributed by atoms with Crippen LogP contribution in [0.1, 0.15) is 22.1 Å². The summed E-state index contributed by atoms with van der Waals surface area (Å²) >= 11 is 0. The minimum absolute atomic E-state index is 0.0237. The maximum absolute atomic E-state index is 10.6. The third-order valence-corrected chi connectivity index (χ3v) is 3.66. The van der Waals surface area contributed by atoms with Gasteiger partial charge in [0.05, 0.1) is 25.4 Å². The molecule has 0 aliphatic carbocycles. The highest BCUT2D eigenvalue weighted by atomic mass is 16.6. The largest absolute Gasteiger partial charge is 0.394 e. The molecule has 0 amide bonds. The fourth-order valence-electron chi connectivity index (χ4n) is 2.52. The number of hydrogen-bond donors (Lipinski definition) is 1. The third-order valence-electron chi connectivity index (χ3n) is 3.66. The van der Waals surface area contributed by atoms with Crippen molar-refractivity contribution in [1.82, 2.24) is 4.90 Å². The quantitative estimate of drug-likeness (QED) is 0.793. The fraction of sp³-hybridized carbons (Fsp3) is 0.462. The molecular formula is C13H15NO4. The van der Waals surface area contributed by atoms with E-state index in [0.29, 0.717) is 25.5 Å². The fourth-order valence-corrected chi connectivity index (χ4v) is 2.52. The lowest BCUT2D eigenvalue weighted by Gasteiger charge is -2.28. The second-order valence-electron chi connectivity index (χ2n) is 4.78. The molecule has 18 heavy (non-hydrogen) atoms. The Balaban J connectivity index is 1.86. The van der Waals surface area contributed by atoms with Crippen LogP contribution in [0.5, 0.6) is 0 Å². The molecule has 2 aliphatic rings. The van der Waals surface area contributed by atoms with Crippen LogP contribution >= 0.6 is 0 Å². The summed E-state index contributed by atoms with van der Waals surface area (Å²) in [4.78, 5) is 12.7. The van der Waals surface area contributed by atoms with Gasteiger partial charge in [-0.2, -0.15) is 0 Å². The Kier molecular flexibility index (Phi) is 2.91. The summed E-state index contributed by atoms with van der Waals surface area (Å²) in [6.07, 6.45) is 0.608. The van der Waals surface area contributed by atoms with E-state index in [0.717, 1.165) is 11.8 Å². The van der Waals surface area contributed by atoms with Crippen molar-refractivity contribution in [1.29, 1.82) is 0 Å². The zero-order valence-electron chi connectivity index (χ0n) is 9.91. The van der Waals surface area contributed by atoms with E-state index in [1.165, 1.54) is 0 Å². The second-order valence-corrected chi connectivity index (χ2v) is 4.78. The van der Waals surface area contributed by atoms with E-state index in [1.54, 1.807) is 12.1 Å². The van der Waals surface area contributed by atoms with E-state index >= 15 is 0 Å². The van der Waals surface area contributed by atoms with Gasteiger partial charge in [0, 0.05) is 5.56 Å². The molecule has 96 valence electrons. The van der Waals surface area contributed by atoms with Crippen LogP contribution in [0, 0.1) is 0 Å². The van der Waals surface area contributed by atoms with Crippen molar-refractivity contribution in [2.45, 2.75) is 11.8 Å². The number of carbonyl (C=O) groups is 1. The van der Waals surface area contributed by atoms with Crippen LogP contribution in [0.2, 0.25) is 0 Å². The molecule has 5 nitrogen and oxygen atoms in total. The summed E-state index contributed by atoms with van der Waals surface area (Å²) in [6.45, 7) is 1.44. The van der Waals surface area contributed by atoms with E-state index < -0.39 is 5.54 Å². The van der Waals surface area contributed by atoms with Crippen LogP contribution in [-0.2, 0) is 9.47 Å². The van der Waals surface area contributed by atoms with Crippen molar-refractivity contribution in [2.75, 3.05) is 26.6 Å². The lowest BCUT2D eigenvalue weighted by Crippen LogP contribution is -2.46. The van der Waals surface area contributed by atoms with Gasteiger partial charge in [-0.15, -0.1) is 0 Å². The van der Waals surface area contributed by atoms with Crippen molar-refractivity contribution in [3.05, 3.63) is 35.4 Å². The molecule has 2 aliphatic heterocycles. The van der Waals surface area contributed by atoms with Crippen molar-refractivity contribution in [3.63, 3.8) is 0 Å². The predicted octanol–water partition coefficient (Wildman–Crippen LogP) is 0.549. The van der Waals surface area contributed by atoms with Gasteiger partial charge in [-0.3, -0.25) is 4.79 Å². The topological polar surface area (TPSA) is 59.0 Å². The average molecular weight is 249 g/mol. The van der Waals surface area contributed by atoms with E-state index in [4.69, 9.17) is 9.47 Å². The van der Waals surface area contributed by atoms with Crippen LogP contribution in [0.25, 0.3) is 0 Å². The molecule has 2 saturated heterocycles. The van der Waals surface area contributed by atoms with Crippen molar-refractivity contribution < 1.29 is 19.4 Å². The van der Waals surface area contributed by atoms with Gasteiger partial charge in [-0.05, 0) is 5.56 Å². The number of ether oxygens (including phenoxy) is 2. The lowest BCUT2D eigenvalue weighted by atomic mass is 10.0. The summed E-state index contributed by atoms with van der Waals surface area (Å²) in [5.74, 6) is 0. The number of carbonyl (C=O) groups excluding carboxylic acids is 1. The summed E-state index contributed by atoms with van der Waals surface area (Å²) in [6, 6.07) is 7.28. The van der Waals surface area contributed by atoms with Gasteiger partial charge in [-0.25, -0.2) is 4.90 Å². The Labute approximate surface area is 105 Å². The Bertz CT molecular complexity index is 447. The molecule has 2 atom stereocenters. The van der Waals surface area contributed by atoms with Crippen molar-refractivity contribution in [2.24, 2.45) is 0 Å². The highest BCUT2D eigenvalue weighted by Gasteiger charge is 2.51. The number of fused-ring (bicyclic) bond motifs is 1. The Morgan fingerprint density at radius 2 is 2.17 bits per heavy atom. The summed E-state index contributed by atoms with van der Waals surface area (Å²) in [7, 11) is 0. The Morgan fingerprint density at radius 1 is 1.39 bits per heavy atom. The van der Waals surface area contributed by atoms with E-state index in [2.05, 4.69) is 0 Å². The number of rotatable bonds is 3. The lowest BCUT2D eigenvalue weighted by molar-refractivity contribution is -0.00699. The SMILES string of the molecule is O=Cc1ccc([C@@H]2OC[C@@]3(CO)COCN23)cc1. The predicted molar refractivity (Wildman–Crippen MR) is 63.0 cm³/mol. The number of aliphatic hydroxyl groups excluding tert-OH is 1. The van der Waals surface area contributed by atoms with E-state index in [9.17, 15) is 9.90 Å². The molecule has 5 heteroatoms. The molecular weight excluding hydrogens is 234 g/mol. The first-order valence-electron chi connectivity index (χ1n) is 5.91. The average Bonchev–Trinajstić information content (AvgIpc) is 2.97. The van der Waals surface area contributed by atoms with Gasteiger partial charge in [0.1, 0.15) is 19.2 Å². The molecule has 0 saturated carbocycles. The second kappa shape index (κ2) is 4.44. The van der Waals surface area contributed by atoms with Crippen LogP contribution in [0.4, 0.5) is 0 Å². The summed E-state index contributed by atoms with van der Waals surface area (Å²) < 4.78 is 11.2. The minimum atomic E-state index is -0.409. The van der Waals surface area contributed by atoms with Gasteiger partial charge in [0.15, 0.2) is 0 Å². The maximum Gasteiger partial charge on any atom is 0.150 e. The molecule has 0 spiro atoms. The zero-order valence-corrected chi connectivity index (χ0v) is 9.91. The van der Waals surface area contributed by atoms with Gasteiger partial charge in [0.2, 0.25) is 0 Å². The number of aldehydes is 1. The zero-order chi connectivity index (χ0) is 12.6. The standard InChI is InChI=1S/C13H15NO4/c15-5-10-1-3-11(4-2-10)12-14-9-17-7-13(14,6-16)8-18-12/h1-5,12,16H,6-9H2/t12-,13+/m0/s1. The molecule has 0 radical (unpaired) electrons. The molecule has 0 bridgehead atoms. The van der Waals surface area contributed by atoms with Gasteiger partial charge >= 0.3 is 0 Å². The number of nitrogens with zero attached hydrogens (tertiary/aromatic N) is 1. The van der Waals surface area contributed by atoms with Gasteiger partial charge < -0.3 is 14.6 Å². The van der Waals surface area contributed by atoms with Crippen LogP contribution < -0.4 is 0 Å². The van der Waals surface area contributed by atoms with E-state index in [-0.39, 0.29) is 12.8 Å². The van der Waals surface area contributed by atoms with Crippen LogP contribution in [0.3, 0.4) is 0 Å². The number of benzene rings is 1. The molecule has 1 N–H and O–H groups in total. The maximum atomic E-state index is 10.6. The minimum Gasteiger partial charge on any atom is -0.394 e. The smallest absolute Gasteiger partial charge is 0.150 e. The van der Waals surface area contributed by atoms with Gasteiger partial charge in [-0.1, -0.05) is 24.3 Å².